The average molecular weight is 1610 g/mol. The summed E-state index contributed by atoms with van der Waals surface area (Å²) in [5.41, 5.74) is 28.0. The standard InChI is InChI=1S/C124H74OS/c1-2-26-84-71-88(64-55-75(84)23-1)119-99-34-9-10-35-100(99)120(112-73-86(65-69-106(112)119)93-42-17-27-78-24-3-5-30-90(78)93)89-67-68-94-85(72-89)29-19-41-91(94)80-56-62-82(63-57-80)117-97-32-7-8-33-98(97)118(111-74-87(66-70-105(111)117)95-43-22-50-115-123(95)108-40-15-16-49-114(108)126-115)83-60-53-77(54-61-83)76-51-58-81(59-52-76)116-101-36-11-13-38-103(101)121(104-39-14-12-37-102(104)116)109-46-21-48-113-122(109)110-47-20-45-107(124(110)125-113)96-44-18-28-79-25-4-6-31-92(79)96/h1-74H. The Hall–Kier alpha value is -16.1. The van der Waals surface area contributed by atoms with Crippen molar-refractivity contribution in [3.8, 4) is 122 Å². The number of para-hydroxylation sites is 1. The molecule has 2 heterocycles. The molecular weight excluding hydrogens is 1540 g/mol. The van der Waals surface area contributed by atoms with Crippen LogP contribution in [0.1, 0.15) is 0 Å². The first-order valence-corrected chi connectivity index (χ1v) is 44.4. The molecule has 1 nitrogen and oxygen atoms in total. The summed E-state index contributed by atoms with van der Waals surface area (Å²) in [5.74, 6) is 0. The molecule has 24 aromatic carbocycles. The van der Waals surface area contributed by atoms with E-state index in [0.717, 1.165) is 44.2 Å². The Morgan fingerprint density at radius 1 is 0.143 bits per heavy atom. The number of hydrogen-bond acceptors (Lipinski definition) is 2. The first-order chi connectivity index (χ1) is 62.5. The first kappa shape index (κ1) is 71.6. The van der Waals surface area contributed by atoms with Crippen molar-refractivity contribution in [1.82, 2.24) is 0 Å². The molecule has 582 valence electrons. The summed E-state index contributed by atoms with van der Waals surface area (Å²) in [7, 11) is 0. The van der Waals surface area contributed by atoms with Gasteiger partial charge in [0.25, 0.3) is 0 Å². The van der Waals surface area contributed by atoms with E-state index in [-0.39, 0.29) is 0 Å². The van der Waals surface area contributed by atoms with Crippen LogP contribution in [0.2, 0.25) is 0 Å². The van der Waals surface area contributed by atoms with E-state index in [1.54, 1.807) is 0 Å². The maximum atomic E-state index is 7.01. The molecule has 0 amide bonds. The Labute approximate surface area is 731 Å². The Morgan fingerprint density at radius 2 is 0.468 bits per heavy atom. The van der Waals surface area contributed by atoms with E-state index >= 15 is 0 Å². The highest BCUT2D eigenvalue weighted by Crippen LogP contribution is 2.53. The zero-order valence-electron chi connectivity index (χ0n) is 68.5. The minimum Gasteiger partial charge on any atom is -0.455 e. The maximum Gasteiger partial charge on any atom is 0.143 e. The van der Waals surface area contributed by atoms with Crippen LogP contribution >= 0.6 is 11.3 Å². The lowest BCUT2D eigenvalue weighted by Crippen LogP contribution is -1.93. The van der Waals surface area contributed by atoms with Gasteiger partial charge < -0.3 is 4.42 Å². The van der Waals surface area contributed by atoms with Crippen LogP contribution in [0.4, 0.5) is 0 Å². The van der Waals surface area contributed by atoms with Crippen LogP contribution in [0.15, 0.2) is 453 Å². The zero-order chi connectivity index (χ0) is 82.6. The van der Waals surface area contributed by atoms with E-state index in [0.29, 0.717) is 0 Å². The highest BCUT2D eigenvalue weighted by Gasteiger charge is 2.26. The summed E-state index contributed by atoms with van der Waals surface area (Å²) in [6, 6.07) is 168. The summed E-state index contributed by atoms with van der Waals surface area (Å²) in [6.45, 7) is 0. The summed E-state index contributed by atoms with van der Waals surface area (Å²) < 4.78 is 9.60. The quantitative estimate of drug-likeness (QED) is 0.118. The third-order valence-corrected chi connectivity index (χ3v) is 28.2. The highest BCUT2D eigenvalue weighted by molar-refractivity contribution is 7.26. The smallest absolute Gasteiger partial charge is 0.143 e. The van der Waals surface area contributed by atoms with Crippen LogP contribution in [-0.4, -0.2) is 0 Å². The normalized spacial score (nSPS) is 12.0. The average Bonchev–Trinajstić information content (AvgIpc) is 1.27. The van der Waals surface area contributed by atoms with Gasteiger partial charge in [0.1, 0.15) is 11.2 Å². The van der Waals surface area contributed by atoms with E-state index in [4.69, 9.17) is 4.42 Å². The maximum absolute atomic E-state index is 7.01. The van der Waals surface area contributed by atoms with Crippen molar-refractivity contribution < 1.29 is 4.42 Å². The Morgan fingerprint density at radius 3 is 1.06 bits per heavy atom. The van der Waals surface area contributed by atoms with Crippen LogP contribution in [-0.2, 0) is 0 Å². The Balaban J connectivity index is 0.575. The zero-order valence-corrected chi connectivity index (χ0v) is 69.4. The van der Waals surface area contributed by atoms with Gasteiger partial charge in [-0.1, -0.05) is 406 Å². The molecule has 0 atom stereocenters. The van der Waals surface area contributed by atoms with Crippen LogP contribution in [0.5, 0.6) is 0 Å². The summed E-state index contributed by atoms with van der Waals surface area (Å²) in [4.78, 5) is 0. The minimum absolute atomic E-state index is 0.876. The number of furan rings is 1. The molecule has 0 saturated carbocycles. The van der Waals surface area contributed by atoms with Gasteiger partial charge in [0.05, 0.1) is 0 Å². The lowest BCUT2D eigenvalue weighted by molar-refractivity contribution is 0.670. The van der Waals surface area contributed by atoms with Crippen molar-refractivity contribution in [2.75, 3.05) is 0 Å². The van der Waals surface area contributed by atoms with Gasteiger partial charge in [0.15, 0.2) is 0 Å². The molecule has 26 aromatic rings. The summed E-state index contributed by atoms with van der Waals surface area (Å²) in [6.07, 6.45) is 0. The van der Waals surface area contributed by atoms with E-state index in [1.807, 2.05) is 11.3 Å². The second-order valence-corrected chi connectivity index (χ2v) is 34.9. The fraction of sp³-hybridized carbons (Fsp3) is 0. The van der Waals surface area contributed by atoms with Gasteiger partial charge in [-0.25, -0.2) is 0 Å². The fourth-order valence-corrected chi connectivity index (χ4v) is 22.5. The first-order valence-electron chi connectivity index (χ1n) is 43.6. The molecule has 0 N–H and O–H groups in total. The monoisotopic (exact) mass is 1610 g/mol. The fourth-order valence-electron chi connectivity index (χ4n) is 21.4. The van der Waals surface area contributed by atoms with Gasteiger partial charge in [-0.3, -0.25) is 0 Å². The number of rotatable bonds is 11. The number of fused-ring (bicyclic) bond motifs is 16. The van der Waals surface area contributed by atoms with Crippen molar-refractivity contribution in [1.29, 1.82) is 0 Å². The molecule has 2 heteroatoms. The molecular formula is C124H74OS. The third kappa shape index (κ3) is 11.3. The SMILES string of the molecule is c1ccc2cc(-c3c4ccccc4c(-c4ccc5c(-c6ccc(-c7c8ccccc8c(-c8ccc(-c9ccc(-c%10c%11ccccc%11c(-c%11cccc%12oc%13c(-c%14cccc%15ccccc%14%15)cccc%13c%11%12)c%11ccccc%10%11)cc9)cc8)c8cc(-c9cccc%10sc%11ccccc%11c9%10)ccc78)cc6)cccc5c4)c4cc(-c5cccc6ccccc56)ccc34)ccc2c1. The second kappa shape index (κ2) is 28.8. The lowest BCUT2D eigenvalue weighted by Gasteiger charge is -2.20. The Kier molecular flexibility index (Phi) is 16.4. The van der Waals surface area contributed by atoms with E-state index in [1.165, 1.54) is 228 Å². The van der Waals surface area contributed by atoms with Gasteiger partial charge in [0, 0.05) is 36.5 Å². The van der Waals surface area contributed by atoms with Crippen molar-refractivity contribution in [3.05, 3.63) is 449 Å². The van der Waals surface area contributed by atoms with Gasteiger partial charge >= 0.3 is 0 Å². The summed E-state index contributed by atoms with van der Waals surface area (Å²) in [5, 5.41) is 29.2. The van der Waals surface area contributed by atoms with Crippen molar-refractivity contribution in [3.63, 3.8) is 0 Å². The molecule has 2 aromatic heterocycles. The van der Waals surface area contributed by atoms with E-state index < -0.39 is 0 Å². The van der Waals surface area contributed by atoms with Crippen LogP contribution in [0.25, 0.3) is 272 Å². The minimum atomic E-state index is 0.876. The molecule has 0 bridgehead atoms. The number of thiophene rings is 1. The lowest BCUT2D eigenvalue weighted by atomic mass is 9.83. The topological polar surface area (TPSA) is 13.1 Å². The van der Waals surface area contributed by atoms with Crippen molar-refractivity contribution >= 4 is 161 Å². The van der Waals surface area contributed by atoms with Gasteiger partial charge in [-0.2, -0.15) is 0 Å². The molecule has 26 rings (SSSR count). The number of hydrogen-bond donors (Lipinski definition) is 0. The third-order valence-electron chi connectivity index (χ3n) is 27.0. The molecule has 126 heavy (non-hydrogen) atoms. The molecule has 0 fully saturated rings. The molecule has 0 aliphatic heterocycles. The van der Waals surface area contributed by atoms with E-state index in [9.17, 15) is 0 Å². The highest BCUT2D eigenvalue weighted by atomic mass is 32.1. The molecule has 0 aliphatic carbocycles. The molecule has 0 radical (unpaired) electrons. The van der Waals surface area contributed by atoms with Crippen LogP contribution < -0.4 is 0 Å². The number of benzene rings is 24. The van der Waals surface area contributed by atoms with E-state index in [2.05, 4.69) is 449 Å². The van der Waals surface area contributed by atoms with Crippen molar-refractivity contribution in [2.24, 2.45) is 0 Å². The summed E-state index contributed by atoms with van der Waals surface area (Å²) >= 11 is 1.87. The van der Waals surface area contributed by atoms with Crippen LogP contribution in [0, 0.1) is 0 Å². The van der Waals surface area contributed by atoms with Gasteiger partial charge in [0.2, 0.25) is 0 Å². The van der Waals surface area contributed by atoms with Gasteiger partial charge in [-0.15, -0.1) is 11.3 Å². The molecule has 0 spiro atoms. The predicted octanol–water partition coefficient (Wildman–Crippen LogP) is 35.8. The molecule has 0 aliphatic rings. The molecule has 0 unspecified atom stereocenters. The van der Waals surface area contributed by atoms with Gasteiger partial charge in [-0.05, 0) is 267 Å². The van der Waals surface area contributed by atoms with Crippen molar-refractivity contribution in [2.45, 2.75) is 0 Å². The van der Waals surface area contributed by atoms with Crippen LogP contribution in [0.3, 0.4) is 0 Å². The Bertz CT molecular complexity index is 9010. The largest absolute Gasteiger partial charge is 0.455 e. The molecule has 0 saturated heterocycles. The second-order valence-electron chi connectivity index (χ2n) is 33.8. The predicted molar refractivity (Wildman–Crippen MR) is 541 cm³/mol.